The Labute approximate surface area is 85.3 Å². The van der Waals surface area contributed by atoms with Crippen LogP contribution in [0.1, 0.15) is 17.3 Å². The van der Waals surface area contributed by atoms with Crippen LogP contribution in [-0.2, 0) is 4.74 Å². The summed E-state index contributed by atoms with van der Waals surface area (Å²) in [6, 6.07) is 2.01. The second-order valence-corrected chi connectivity index (χ2v) is 3.03. The van der Waals surface area contributed by atoms with E-state index in [0.29, 0.717) is 0 Å². The molecule has 0 bridgehead atoms. The number of halogens is 2. The largest absolute Gasteiger partial charge is 0.462 e. The highest BCUT2D eigenvalue weighted by Crippen LogP contribution is 2.18. The van der Waals surface area contributed by atoms with Gasteiger partial charge >= 0.3 is 5.97 Å². The van der Waals surface area contributed by atoms with Crippen LogP contribution < -0.4 is 0 Å². The molecule has 0 heterocycles. The lowest BCUT2D eigenvalue weighted by Gasteiger charge is -2.04. The third kappa shape index (κ3) is 2.23. The van der Waals surface area contributed by atoms with Crippen LogP contribution in [0.5, 0.6) is 0 Å². The molecule has 76 valence electrons. The lowest BCUT2D eigenvalue weighted by molar-refractivity contribution is 0.0519. The molecule has 1 rings (SSSR count). The van der Waals surface area contributed by atoms with Crippen molar-refractivity contribution in [1.82, 2.24) is 0 Å². The number of esters is 1. The molecule has 0 amide bonds. The van der Waals surface area contributed by atoms with Gasteiger partial charge in [-0.15, -0.1) is 12.6 Å². The first-order valence-corrected chi connectivity index (χ1v) is 4.36. The van der Waals surface area contributed by atoms with Gasteiger partial charge in [-0.25, -0.2) is 13.6 Å². The molecule has 2 nitrogen and oxygen atoms in total. The fourth-order valence-electron chi connectivity index (χ4n) is 0.932. The summed E-state index contributed by atoms with van der Waals surface area (Å²) in [7, 11) is 0. The summed E-state index contributed by atoms with van der Waals surface area (Å²) in [5, 5.41) is 0. The third-order valence-corrected chi connectivity index (χ3v) is 1.77. The molecular formula is C9H8F2O2S. The maximum absolute atomic E-state index is 13.0. The average Bonchev–Trinajstić information content (AvgIpc) is 2.11. The van der Waals surface area contributed by atoms with Crippen molar-refractivity contribution in [3.05, 3.63) is 29.3 Å². The molecule has 0 saturated carbocycles. The van der Waals surface area contributed by atoms with Gasteiger partial charge in [0.25, 0.3) is 0 Å². The smallest absolute Gasteiger partial charge is 0.341 e. The van der Waals surface area contributed by atoms with Gasteiger partial charge in [-0.3, -0.25) is 0 Å². The van der Waals surface area contributed by atoms with Gasteiger partial charge in [0, 0.05) is 4.90 Å². The zero-order chi connectivity index (χ0) is 10.7. The number of hydrogen-bond acceptors (Lipinski definition) is 3. The number of carbonyl (C=O) groups excluding carboxylic acids is 1. The Kier molecular flexibility index (Phi) is 3.46. The number of rotatable bonds is 2. The van der Waals surface area contributed by atoms with E-state index in [2.05, 4.69) is 17.4 Å². The molecule has 0 aromatic heterocycles. The molecule has 0 aliphatic rings. The minimum absolute atomic E-state index is 0.108. The highest BCUT2D eigenvalue weighted by Gasteiger charge is 2.17. The Morgan fingerprint density at radius 2 is 2.14 bits per heavy atom. The molecule has 0 fully saturated rings. The number of ether oxygens (including phenoxy) is 1. The van der Waals surface area contributed by atoms with E-state index in [1.165, 1.54) is 0 Å². The Hall–Kier alpha value is -1.10. The van der Waals surface area contributed by atoms with Crippen molar-refractivity contribution in [3.8, 4) is 0 Å². The highest BCUT2D eigenvalue weighted by molar-refractivity contribution is 7.80. The number of hydrogen-bond donors (Lipinski definition) is 1. The van der Waals surface area contributed by atoms with Gasteiger partial charge in [-0.05, 0) is 19.1 Å². The molecule has 0 saturated heterocycles. The van der Waals surface area contributed by atoms with Gasteiger partial charge in [0.15, 0.2) is 11.6 Å². The Morgan fingerprint density at radius 1 is 1.50 bits per heavy atom. The summed E-state index contributed by atoms with van der Waals surface area (Å²) in [4.78, 5) is 11.3. The van der Waals surface area contributed by atoms with E-state index >= 15 is 0 Å². The zero-order valence-electron chi connectivity index (χ0n) is 7.38. The van der Waals surface area contributed by atoms with Crippen molar-refractivity contribution in [1.29, 1.82) is 0 Å². The zero-order valence-corrected chi connectivity index (χ0v) is 8.28. The van der Waals surface area contributed by atoms with Crippen LogP contribution in [-0.4, -0.2) is 12.6 Å². The van der Waals surface area contributed by atoms with Crippen molar-refractivity contribution < 1.29 is 18.3 Å². The van der Waals surface area contributed by atoms with Crippen molar-refractivity contribution in [2.75, 3.05) is 6.61 Å². The van der Waals surface area contributed by atoms with E-state index in [1.807, 2.05) is 0 Å². The molecule has 0 radical (unpaired) electrons. The van der Waals surface area contributed by atoms with E-state index in [0.717, 1.165) is 12.1 Å². The molecule has 0 N–H and O–H groups in total. The normalized spacial score (nSPS) is 10.0. The molecule has 0 atom stereocenters. The lowest BCUT2D eigenvalue weighted by Crippen LogP contribution is -2.08. The van der Waals surface area contributed by atoms with Gasteiger partial charge < -0.3 is 4.74 Å². The molecule has 0 spiro atoms. The molecule has 5 heteroatoms. The number of carbonyl (C=O) groups is 1. The SMILES string of the molecule is CCOC(=O)c1cc(S)cc(F)c1F. The monoisotopic (exact) mass is 218 g/mol. The van der Waals surface area contributed by atoms with Crippen molar-refractivity contribution in [2.45, 2.75) is 11.8 Å². The predicted octanol–water partition coefficient (Wildman–Crippen LogP) is 2.43. The summed E-state index contributed by atoms with van der Waals surface area (Å²) >= 11 is 3.82. The standard InChI is InChI=1S/C9H8F2O2S/c1-2-13-9(12)6-3-5(14)4-7(10)8(6)11/h3-4,14H,2H2,1H3. The molecule has 0 aliphatic carbocycles. The third-order valence-electron chi connectivity index (χ3n) is 1.51. The van der Waals surface area contributed by atoms with Crippen LogP contribution in [0.15, 0.2) is 17.0 Å². The second kappa shape index (κ2) is 4.41. The second-order valence-electron chi connectivity index (χ2n) is 2.51. The van der Waals surface area contributed by atoms with Crippen molar-refractivity contribution in [3.63, 3.8) is 0 Å². The maximum atomic E-state index is 13.0. The first-order chi connectivity index (χ1) is 6.56. The van der Waals surface area contributed by atoms with Crippen LogP contribution >= 0.6 is 12.6 Å². The fourth-order valence-corrected chi connectivity index (χ4v) is 1.17. The maximum Gasteiger partial charge on any atom is 0.341 e. The van der Waals surface area contributed by atoms with Gasteiger partial charge in [0.1, 0.15) is 0 Å². The molecular weight excluding hydrogens is 210 g/mol. The Balaban J connectivity index is 3.13. The van der Waals surface area contributed by atoms with Crippen LogP contribution in [0.25, 0.3) is 0 Å². The average molecular weight is 218 g/mol. The van der Waals surface area contributed by atoms with Crippen LogP contribution in [0.3, 0.4) is 0 Å². The van der Waals surface area contributed by atoms with Crippen LogP contribution in [0, 0.1) is 11.6 Å². The summed E-state index contributed by atoms with van der Waals surface area (Å²) in [5.41, 5.74) is -0.433. The Morgan fingerprint density at radius 3 is 2.71 bits per heavy atom. The van der Waals surface area contributed by atoms with Gasteiger partial charge in [-0.1, -0.05) is 0 Å². The lowest BCUT2D eigenvalue weighted by atomic mass is 10.2. The molecule has 0 unspecified atom stereocenters. The minimum atomic E-state index is -1.21. The number of thiol groups is 1. The van der Waals surface area contributed by atoms with Gasteiger partial charge in [-0.2, -0.15) is 0 Å². The van der Waals surface area contributed by atoms with E-state index in [9.17, 15) is 13.6 Å². The van der Waals surface area contributed by atoms with E-state index in [-0.39, 0.29) is 11.5 Å². The fraction of sp³-hybridized carbons (Fsp3) is 0.222. The minimum Gasteiger partial charge on any atom is -0.462 e. The first kappa shape index (κ1) is 11.0. The molecule has 0 aliphatic heterocycles. The van der Waals surface area contributed by atoms with Crippen LogP contribution in [0.2, 0.25) is 0 Å². The topological polar surface area (TPSA) is 26.3 Å². The van der Waals surface area contributed by atoms with Gasteiger partial charge in [0.2, 0.25) is 0 Å². The summed E-state index contributed by atoms with van der Waals surface area (Å²) < 4.78 is 30.4. The van der Waals surface area contributed by atoms with E-state index in [4.69, 9.17) is 0 Å². The molecule has 1 aromatic carbocycles. The van der Waals surface area contributed by atoms with Crippen LogP contribution in [0.4, 0.5) is 8.78 Å². The number of benzene rings is 1. The van der Waals surface area contributed by atoms with Crippen molar-refractivity contribution in [2.24, 2.45) is 0 Å². The van der Waals surface area contributed by atoms with E-state index < -0.39 is 23.2 Å². The summed E-state index contributed by atoms with van der Waals surface area (Å²) in [6.07, 6.45) is 0. The molecule has 14 heavy (non-hydrogen) atoms. The van der Waals surface area contributed by atoms with Crippen molar-refractivity contribution >= 4 is 18.6 Å². The van der Waals surface area contributed by atoms with E-state index in [1.54, 1.807) is 6.92 Å². The highest BCUT2D eigenvalue weighted by atomic mass is 32.1. The Bertz CT molecular complexity index is 366. The first-order valence-electron chi connectivity index (χ1n) is 3.91. The van der Waals surface area contributed by atoms with Gasteiger partial charge in [0.05, 0.1) is 12.2 Å². The quantitative estimate of drug-likeness (QED) is 0.609. The summed E-state index contributed by atoms with van der Waals surface area (Å²) in [5.74, 6) is -3.21. The predicted molar refractivity (Wildman–Crippen MR) is 49.6 cm³/mol. The molecule has 1 aromatic rings. The summed E-state index contributed by atoms with van der Waals surface area (Å²) in [6.45, 7) is 1.69.